The molecule has 3 heterocycles. The molecule has 0 spiro atoms. The highest BCUT2D eigenvalue weighted by Crippen LogP contribution is 2.44. The number of benzene rings is 2. The fraction of sp³-hybridized carbons (Fsp3) is 0.587. The summed E-state index contributed by atoms with van der Waals surface area (Å²) < 4.78 is 32.9. The molecule has 0 aromatic heterocycles. The van der Waals surface area contributed by atoms with Crippen LogP contribution in [0.4, 0.5) is 4.79 Å². The van der Waals surface area contributed by atoms with Crippen molar-refractivity contribution in [3.8, 4) is 11.1 Å². The predicted molar refractivity (Wildman–Crippen MR) is 248 cm³/mol. The number of aliphatic hydroxyl groups excluding tert-OH is 10. The molecule has 420 valence electrons. The van der Waals surface area contributed by atoms with Crippen LogP contribution in [0.2, 0.25) is 0 Å². The fourth-order valence-electron chi connectivity index (χ4n) is 8.91. The zero-order chi connectivity index (χ0) is 55.5. The number of nitrogens with one attached hydrogen (secondary N) is 5. The molecule has 1 aliphatic carbocycles. The number of hydrogen-bond acceptors (Lipinski definition) is 23. The van der Waals surface area contributed by atoms with Crippen molar-refractivity contribution in [3.05, 3.63) is 59.7 Å². The highest BCUT2D eigenvalue weighted by molar-refractivity contribution is 5.93. The van der Waals surface area contributed by atoms with Gasteiger partial charge in [-0.1, -0.05) is 48.5 Å². The summed E-state index contributed by atoms with van der Waals surface area (Å²) in [6, 6.07) is 11.8. The van der Waals surface area contributed by atoms with E-state index in [0.717, 1.165) is 22.3 Å². The first-order chi connectivity index (χ1) is 36.2. The summed E-state index contributed by atoms with van der Waals surface area (Å²) in [6.07, 6.45) is -30.5. The van der Waals surface area contributed by atoms with Gasteiger partial charge in [0.2, 0.25) is 29.5 Å². The van der Waals surface area contributed by atoms with E-state index in [1.54, 1.807) is 0 Å². The Morgan fingerprint density at radius 1 is 0.592 bits per heavy atom. The molecule has 4 aliphatic rings. The van der Waals surface area contributed by atoms with Crippen molar-refractivity contribution in [2.45, 2.75) is 129 Å². The second-order valence-electron chi connectivity index (χ2n) is 18.1. The zero-order valence-electron chi connectivity index (χ0n) is 40.2. The number of aliphatic carboxylic acids is 1. The highest BCUT2D eigenvalue weighted by Gasteiger charge is 2.53. The predicted octanol–water partition coefficient (Wildman–Crippen LogP) is -8.08. The number of fused-ring (bicyclic) bond motifs is 3. The maximum atomic E-state index is 13.1. The highest BCUT2D eigenvalue weighted by atomic mass is 16.7. The first-order valence-electron chi connectivity index (χ1n) is 23.8. The molecular formula is C46H62N6O24. The zero-order valence-corrected chi connectivity index (χ0v) is 40.2. The van der Waals surface area contributed by atoms with Gasteiger partial charge in [0.15, 0.2) is 18.8 Å². The number of carbonyl (C=O) groups excluding carboxylic acids is 6. The molecule has 18 N–H and O–H groups in total. The lowest BCUT2D eigenvalue weighted by Gasteiger charge is -2.48. The first-order valence-corrected chi connectivity index (χ1v) is 23.8. The minimum Gasteiger partial charge on any atom is -0.480 e. The smallest absolute Gasteiger partial charge is 0.407 e. The Labute approximate surface area is 431 Å². The number of rotatable bonds is 23. The quantitative estimate of drug-likeness (QED) is 0.0491. The summed E-state index contributed by atoms with van der Waals surface area (Å²) >= 11 is 0. The molecule has 17 atom stereocenters. The monoisotopic (exact) mass is 1080 g/mol. The van der Waals surface area contributed by atoms with Crippen molar-refractivity contribution < 1.29 is 118 Å². The standard InChI is InChI=1S/C46H62N6O24/c47-28(56)10-9-23(51-46(70)71-17-22-20-7-3-1-5-18(20)19-6-2-4-8-21(19)22)41(67)49-12-30(58)48-13-31(59)50-24(43(68)69)11-29(57)52-42-36(64)34(62)39(26(15-54)72-42)75-45-38(66)35(63)40(27(16-55)74-45)76-44-37(65)33(61)32(60)25(14-53)73-44/h1-8,22-27,32-40,42,44-45,53-55,60-66H,9-17H2,(H2,47,56)(H,48,58)(H,49,67)(H,50,59)(H,51,70)(H,52,57)(H,68,69)/t23-,24-,25+,26+,27+,32+,33-,34+,35+,36+,37+,38+,39+,40+,42+,44+,45+/m0/s1. The van der Waals surface area contributed by atoms with Crippen LogP contribution in [0.5, 0.6) is 0 Å². The van der Waals surface area contributed by atoms with Crippen molar-refractivity contribution in [1.29, 1.82) is 0 Å². The second kappa shape index (κ2) is 26.8. The van der Waals surface area contributed by atoms with Crippen molar-refractivity contribution >= 4 is 41.6 Å². The minimum atomic E-state index is -2.12. The van der Waals surface area contributed by atoms with Gasteiger partial charge in [0.1, 0.15) is 91.9 Å². The lowest BCUT2D eigenvalue weighted by atomic mass is 9.95. The van der Waals surface area contributed by atoms with Crippen LogP contribution in [0.25, 0.3) is 11.1 Å². The van der Waals surface area contributed by atoms with Gasteiger partial charge in [-0.2, -0.15) is 0 Å². The summed E-state index contributed by atoms with van der Waals surface area (Å²) in [5.74, 6) is -7.06. The first kappa shape index (κ1) is 59.2. The Kier molecular flexibility index (Phi) is 20.9. The molecule has 6 rings (SSSR count). The number of primary amides is 1. The summed E-state index contributed by atoms with van der Waals surface area (Å²) in [5, 5.41) is 125. The van der Waals surface area contributed by atoms with E-state index in [-0.39, 0.29) is 25.4 Å². The van der Waals surface area contributed by atoms with Gasteiger partial charge in [0, 0.05) is 12.3 Å². The molecule has 0 unspecified atom stereocenters. The van der Waals surface area contributed by atoms with Gasteiger partial charge in [-0.25, -0.2) is 9.59 Å². The van der Waals surface area contributed by atoms with Crippen molar-refractivity contribution in [3.63, 3.8) is 0 Å². The number of ether oxygens (including phenoxy) is 6. The van der Waals surface area contributed by atoms with Gasteiger partial charge in [-0.15, -0.1) is 0 Å². The number of carboxylic acid groups (broad SMARTS) is 1. The van der Waals surface area contributed by atoms with Gasteiger partial charge in [0.05, 0.1) is 39.3 Å². The summed E-state index contributed by atoms with van der Waals surface area (Å²) in [7, 11) is 0. The number of alkyl carbamates (subject to hydrolysis) is 1. The van der Waals surface area contributed by atoms with Crippen LogP contribution in [0.3, 0.4) is 0 Å². The molecule has 2 aromatic rings. The van der Waals surface area contributed by atoms with Crippen LogP contribution in [0, 0.1) is 0 Å². The van der Waals surface area contributed by atoms with Gasteiger partial charge in [0.25, 0.3) is 0 Å². The Balaban J connectivity index is 0.944. The van der Waals surface area contributed by atoms with Crippen LogP contribution >= 0.6 is 0 Å². The van der Waals surface area contributed by atoms with Crippen molar-refractivity contribution in [2.75, 3.05) is 39.5 Å². The molecule has 6 amide bonds. The Morgan fingerprint density at radius 2 is 1.12 bits per heavy atom. The summed E-state index contributed by atoms with van der Waals surface area (Å²) in [6.45, 7) is -4.53. The molecule has 0 bridgehead atoms. The average molecular weight is 1080 g/mol. The van der Waals surface area contributed by atoms with Gasteiger partial charge >= 0.3 is 12.1 Å². The van der Waals surface area contributed by atoms with Crippen LogP contribution in [-0.2, 0) is 57.2 Å². The van der Waals surface area contributed by atoms with E-state index in [0.29, 0.717) is 0 Å². The summed E-state index contributed by atoms with van der Waals surface area (Å²) in [5.41, 5.74) is 9.09. The van der Waals surface area contributed by atoms with E-state index in [2.05, 4.69) is 21.3 Å². The SMILES string of the molecule is NC(=O)CC[C@H](NC(=O)OCC1c2ccccc2-c2ccccc21)C(=O)NCC(=O)NCC(=O)N[C@@H](CC(=O)N[C@@H]1O[C@H](CO)[C@@H](O[C@H]2O[C@H](CO)[C@@H](O[C@H]3O[C@H](CO)[C@@H](O)[C@H](O)[C@H]3O)[C@H](O)[C@H]2O)[C@H](O)[C@H]1O)C(=O)O. The molecule has 76 heavy (non-hydrogen) atoms. The number of carboxylic acids is 1. The van der Waals surface area contributed by atoms with E-state index < -0.39 is 185 Å². The molecular weight excluding hydrogens is 1020 g/mol. The van der Waals surface area contributed by atoms with Crippen LogP contribution in [0.1, 0.15) is 36.3 Å². The molecule has 30 nitrogen and oxygen atoms in total. The molecule has 0 saturated carbocycles. The number of aliphatic hydroxyl groups is 10. The topological polar surface area (TPSA) is 484 Å². The Hall–Kier alpha value is -6.07. The van der Waals surface area contributed by atoms with Crippen LogP contribution < -0.4 is 32.3 Å². The normalized spacial score (nSPS) is 30.8. The fourth-order valence-corrected chi connectivity index (χ4v) is 8.91. The third-order valence-corrected chi connectivity index (χ3v) is 12.9. The molecule has 3 aliphatic heterocycles. The van der Waals surface area contributed by atoms with Gasteiger partial charge < -0.3 is 117 Å². The van der Waals surface area contributed by atoms with E-state index in [1.165, 1.54) is 0 Å². The average Bonchev–Trinajstić information content (AvgIpc) is 3.74. The lowest BCUT2D eigenvalue weighted by Crippen LogP contribution is -2.67. The van der Waals surface area contributed by atoms with Crippen LogP contribution in [0.15, 0.2) is 48.5 Å². The third kappa shape index (κ3) is 14.3. The van der Waals surface area contributed by atoms with Crippen LogP contribution in [-0.4, -0.2) is 241 Å². The maximum absolute atomic E-state index is 13.1. The molecule has 3 fully saturated rings. The molecule has 0 radical (unpaired) electrons. The van der Waals surface area contributed by atoms with Gasteiger partial charge in [-0.3, -0.25) is 24.0 Å². The molecule has 3 saturated heterocycles. The minimum absolute atomic E-state index is 0.0950. The van der Waals surface area contributed by atoms with E-state index in [1.807, 2.05) is 53.8 Å². The van der Waals surface area contributed by atoms with Gasteiger partial charge in [-0.05, 0) is 28.7 Å². The third-order valence-electron chi connectivity index (χ3n) is 12.9. The summed E-state index contributed by atoms with van der Waals surface area (Å²) in [4.78, 5) is 88.0. The van der Waals surface area contributed by atoms with E-state index in [4.69, 9.17) is 34.2 Å². The Morgan fingerprint density at radius 3 is 1.68 bits per heavy atom. The van der Waals surface area contributed by atoms with E-state index in [9.17, 15) is 89.7 Å². The Bertz CT molecular complexity index is 2320. The van der Waals surface area contributed by atoms with Crippen molar-refractivity contribution in [2.24, 2.45) is 5.73 Å². The number of nitrogens with two attached hydrogens (primary N) is 1. The number of carbonyl (C=O) groups is 7. The van der Waals surface area contributed by atoms with Crippen molar-refractivity contribution in [1.82, 2.24) is 26.6 Å². The van der Waals surface area contributed by atoms with E-state index >= 15 is 0 Å². The lowest BCUT2D eigenvalue weighted by molar-refractivity contribution is -0.373. The maximum Gasteiger partial charge on any atom is 0.407 e. The molecule has 30 heteroatoms. The largest absolute Gasteiger partial charge is 0.480 e. The number of amides is 6. The number of hydrogen-bond donors (Lipinski definition) is 17. The second-order valence-corrected chi connectivity index (χ2v) is 18.1. The molecule has 2 aromatic carbocycles.